The maximum atomic E-state index is 13.5. The summed E-state index contributed by atoms with van der Waals surface area (Å²) in [5.74, 6) is 0. The number of piperidine rings is 1. The first kappa shape index (κ1) is 28.4. The molecule has 4 atom stereocenters. The van der Waals surface area contributed by atoms with Crippen LogP contribution in [-0.4, -0.2) is 31.8 Å². The Morgan fingerprint density at radius 2 is 1.33 bits per heavy atom. The lowest BCUT2D eigenvalue weighted by Gasteiger charge is -2.50. The Morgan fingerprint density at radius 1 is 0.738 bits per heavy atom. The van der Waals surface area contributed by atoms with Gasteiger partial charge in [-0.2, -0.15) is 26.3 Å². The average Bonchev–Trinajstić information content (AvgIpc) is 3.57. The average molecular weight is 587 g/mol. The molecule has 0 amide bonds. The summed E-state index contributed by atoms with van der Waals surface area (Å²) in [5, 5.41) is 8.03. The fourth-order valence-corrected chi connectivity index (χ4v) is 6.74. The third-order valence-corrected chi connectivity index (χ3v) is 8.52. The number of fused-ring (bicyclic) bond motifs is 2. The molecule has 4 aromatic rings. The van der Waals surface area contributed by atoms with E-state index in [0.29, 0.717) is 25.8 Å². The van der Waals surface area contributed by atoms with Crippen LogP contribution in [0, 0.1) is 0 Å². The molecule has 2 saturated heterocycles. The Balaban J connectivity index is 1.40. The number of aromatic nitrogens is 3. The van der Waals surface area contributed by atoms with Gasteiger partial charge in [-0.3, -0.25) is 4.90 Å². The van der Waals surface area contributed by atoms with E-state index in [4.69, 9.17) is 4.74 Å². The zero-order valence-electron chi connectivity index (χ0n) is 22.4. The molecule has 42 heavy (non-hydrogen) atoms. The number of halogens is 6. The van der Waals surface area contributed by atoms with Crippen molar-refractivity contribution < 1.29 is 31.1 Å². The van der Waals surface area contributed by atoms with Crippen LogP contribution in [0.2, 0.25) is 0 Å². The van der Waals surface area contributed by atoms with Gasteiger partial charge in [-0.05, 0) is 54.2 Å². The van der Waals surface area contributed by atoms with E-state index in [1.165, 1.54) is 0 Å². The van der Waals surface area contributed by atoms with Gasteiger partial charge in [-0.1, -0.05) is 60.7 Å². The summed E-state index contributed by atoms with van der Waals surface area (Å²) in [4.78, 5) is 2.39. The first-order chi connectivity index (χ1) is 20.1. The van der Waals surface area contributed by atoms with E-state index in [-0.39, 0.29) is 23.7 Å². The van der Waals surface area contributed by atoms with Crippen molar-refractivity contribution in [1.29, 1.82) is 0 Å². The van der Waals surface area contributed by atoms with Gasteiger partial charge in [0.2, 0.25) is 0 Å². The summed E-state index contributed by atoms with van der Waals surface area (Å²) in [6, 6.07) is 21.4. The predicted octanol–water partition coefficient (Wildman–Crippen LogP) is 7.41. The summed E-state index contributed by atoms with van der Waals surface area (Å²) in [6.45, 7) is 0.189. The van der Waals surface area contributed by atoms with Gasteiger partial charge in [0.25, 0.3) is 0 Å². The zero-order valence-corrected chi connectivity index (χ0v) is 22.4. The standard InChI is InChI=1S/C31H28F6N4O/c32-30(33,34)24-13-22(14-25(15-24)31(35,36)37)18-42-28-12-11-26-27(40-19-38-39-20-40)16-29(28,23-9-5-2-6-10-23)41(26)17-21-7-3-1-4-8-21/h1-10,13-15,19-20,26-28H,11-12,16-18H2. The first-order valence-corrected chi connectivity index (χ1v) is 13.7. The Kier molecular flexibility index (Phi) is 7.34. The number of rotatable bonds is 7. The summed E-state index contributed by atoms with van der Waals surface area (Å²) in [7, 11) is 0. The van der Waals surface area contributed by atoms with Crippen LogP contribution in [0.5, 0.6) is 0 Å². The Labute approximate surface area is 238 Å². The van der Waals surface area contributed by atoms with Gasteiger partial charge in [0.1, 0.15) is 12.7 Å². The maximum Gasteiger partial charge on any atom is 0.416 e. The number of ether oxygens (including phenoxy) is 1. The molecule has 2 fully saturated rings. The van der Waals surface area contributed by atoms with Gasteiger partial charge in [-0.15, -0.1) is 10.2 Å². The second-order valence-electron chi connectivity index (χ2n) is 10.9. The molecular formula is C31H28F6N4O. The van der Waals surface area contributed by atoms with Crippen molar-refractivity contribution in [2.75, 3.05) is 0 Å². The Hall–Kier alpha value is -3.70. The van der Waals surface area contributed by atoms with Gasteiger partial charge in [0, 0.05) is 12.6 Å². The largest absolute Gasteiger partial charge is 0.416 e. The van der Waals surface area contributed by atoms with E-state index in [1.54, 1.807) is 12.7 Å². The molecule has 1 aromatic heterocycles. The molecule has 2 aliphatic rings. The van der Waals surface area contributed by atoms with Crippen LogP contribution in [0.15, 0.2) is 91.5 Å². The van der Waals surface area contributed by atoms with E-state index in [2.05, 4.69) is 15.1 Å². The molecule has 6 rings (SSSR count). The van der Waals surface area contributed by atoms with Gasteiger partial charge in [0.05, 0.1) is 35.4 Å². The van der Waals surface area contributed by atoms with Crippen LogP contribution in [-0.2, 0) is 35.8 Å². The van der Waals surface area contributed by atoms with E-state index >= 15 is 0 Å². The van der Waals surface area contributed by atoms with Gasteiger partial charge in [0.15, 0.2) is 0 Å². The van der Waals surface area contributed by atoms with Crippen LogP contribution in [0.4, 0.5) is 26.3 Å². The molecule has 5 nitrogen and oxygen atoms in total. The lowest BCUT2D eigenvalue weighted by molar-refractivity contribution is -0.143. The molecule has 0 N–H and O–H groups in total. The molecule has 0 saturated carbocycles. The molecule has 0 aliphatic carbocycles. The lowest BCUT2D eigenvalue weighted by Crippen LogP contribution is -2.56. The van der Waals surface area contributed by atoms with Crippen molar-refractivity contribution in [3.05, 3.63) is 119 Å². The molecule has 3 aromatic carbocycles. The molecule has 0 radical (unpaired) electrons. The minimum atomic E-state index is -4.93. The number of hydrogen-bond donors (Lipinski definition) is 0. The molecule has 220 valence electrons. The molecule has 0 spiro atoms. The molecule has 2 aliphatic heterocycles. The van der Waals surface area contributed by atoms with Crippen LogP contribution >= 0.6 is 0 Å². The summed E-state index contributed by atoms with van der Waals surface area (Å²) in [5.41, 5.74) is -1.52. The molecule has 2 bridgehead atoms. The van der Waals surface area contributed by atoms with Crippen LogP contribution in [0.3, 0.4) is 0 Å². The SMILES string of the molecule is FC(F)(F)c1cc(COC2CCC3C(n4cnnc4)CC2(c2ccccc2)N3Cc2ccccc2)cc(C(F)(F)F)c1. The van der Waals surface area contributed by atoms with Crippen molar-refractivity contribution in [2.45, 2.75) is 68.5 Å². The fraction of sp³-hybridized carbons (Fsp3) is 0.355. The molecule has 11 heteroatoms. The monoisotopic (exact) mass is 586 g/mol. The summed E-state index contributed by atoms with van der Waals surface area (Å²) in [6.07, 6.45) is -5.10. The van der Waals surface area contributed by atoms with Crippen molar-refractivity contribution in [1.82, 2.24) is 19.7 Å². The second kappa shape index (κ2) is 10.9. The summed E-state index contributed by atoms with van der Waals surface area (Å²) >= 11 is 0. The molecule has 4 unspecified atom stereocenters. The van der Waals surface area contributed by atoms with Crippen LogP contribution < -0.4 is 0 Å². The quantitative estimate of drug-likeness (QED) is 0.212. The van der Waals surface area contributed by atoms with Crippen molar-refractivity contribution >= 4 is 0 Å². The van der Waals surface area contributed by atoms with Crippen LogP contribution in [0.25, 0.3) is 0 Å². The second-order valence-corrected chi connectivity index (χ2v) is 10.9. The normalized spacial score (nSPS) is 24.7. The highest BCUT2D eigenvalue weighted by atomic mass is 19.4. The third kappa shape index (κ3) is 5.31. The number of benzene rings is 3. The topological polar surface area (TPSA) is 43.2 Å². The van der Waals surface area contributed by atoms with E-state index < -0.39 is 41.7 Å². The summed E-state index contributed by atoms with van der Waals surface area (Å²) < 4.78 is 89.7. The van der Waals surface area contributed by atoms with Crippen LogP contribution in [0.1, 0.15) is 53.1 Å². The van der Waals surface area contributed by atoms with Gasteiger partial charge in [-0.25, -0.2) is 0 Å². The first-order valence-electron chi connectivity index (χ1n) is 13.7. The van der Waals surface area contributed by atoms with Crippen molar-refractivity contribution in [3.8, 4) is 0 Å². The van der Waals surface area contributed by atoms with Crippen molar-refractivity contribution in [2.24, 2.45) is 0 Å². The van der Waals surface area contributed by atoms with Gasteiger partial charge < -0.3 is 9.30 Å². The Bertz CT molecular complexity index is 1460. The number of hydrogen-bond acceptors (Lipinski definition) is 4. The lowest BCUT2D eigenvalue weighted by atomic mass is 9.78. The minimum Gasteiger partial charge on any atom is -0.371 e. The highest BCUT2D eigenvalue weighted by Crippen LogP contribution is 2.56. The van der Waals surface area contributed by atoms with Gasteiger partial charge >= 0.3 is 12.4 Å². The predicted molar refractivity (Wildman–Crippen MR) is 142 cm³/mol. The zero-order chi connectivity index (χ0) is 29.5. The minimum absolute atomic E-state index is 0.0112. The highest BCUT2D eigenvalue weighted by Gasteiger charge is 2.60. The smallest absolute Gasteiger partial charge is 0.371 e. The Morgan fingerprint density at radius 3 is 1.93 bits per heavy atom. The molecule has 3 heterocycles. The van der Waals surface area contributed by atoms with E-state index in [1.807, 2.05) is 65.2 Å². The number of nitrogens with zero attached hydrogens (tertiary/aromatic N) is 4. The maximum absolute atomic E-state index is 13.5. The van der Waals surface area contributed by atoms with Crippen molar-refractivity contribution in [3.63, 3.8) is 0 Å². The fourth-order valence-electron chi connectivity index (χ4n) is 6.74. The third-order valence-electron chi connectivity index (χ3n) is 8.52. The molecular weight excluding hydrogens is 558 g/mol. The van der Waals surface area contributed by atoms with E-state index in [9.17, 15) is 26.3 Å². The highest BCUT2D eigenvalue weighted by molar-refractivity contribution is 5.35. The van der Waals surface area contributed by atoms with E-state index in [0.717, 1.165) is 23.3 Å². The number of alkyl halides is 6.